The molecule has 0 saturated carbocycles. The Bertz CT molecular complexity index is 402. The Hall–Kier alpha value is -0.940. The molecular weight excluding hydrogens is 204 g/mol. The molecule has 12 heavy (non-hydrogen) atoms. The largest absolute Gasteiger partial charge is 0.258 e. The number of hydrogen-bond donors (Lipinski definition) is 0. The van der Waals surface area contributed by atoms with Crippen LogP contribution < -0.4 is 0 Å². The van der Waals surface area contributed by atoms with Gasteiger partial charge in [0.1, 0.15) is 0 Å². The Morgan fingerprint density at radius 2 is 1.50 bits per heavy atom. The van der Waals surface area contributed by atoms with Crippen LogP contribution in [0.3, 0.4) is 0 Å². The summed E-state index contributed by atoms with van der Waals surface area (Å²) in [6, 6.07) is 0. The number of aliphatic imine (C=N–C) groups is 1. The van der Waals surface area contributed by atoms with Crippen molar-refractivity contribution < 1.29 is 16.8 Å². The van der Waals surface area contributed by atoms with Gasteiger partial charge in [-0.3, -0.25) is 0 Å². The normalized spacial score (nSPS) is 11.8. The zero-order chi connectivity index (χ0) is 9.99. The van der Waals surface area contributed by atoms with Gasteiger partial charge in [0.2, 0.25) is 25.9 Å². The van der Waals surface area contributed by atoms with Crippen LogP contribution in [0.5, 0.6) is 0 Å². The van der Waals surface area contributed by atoms with Gasteiger partial charge in [-0.1, -0.05) is 0 Å². The van der Waals surface area contributed by atoms with Crippen molar-refractivity contribution in [2.75, 3.05) is 12.5 Å². The minimum absolute atomic E-state index is 0.671. The fraction of sp³-hybridized carbons (Fsp3) is 0.500. The highest BCUT2D eigenvalue weighted by Gasteiger charge is 2.24. The van der Waals surface area contributed by atoms with Crippen molar-refractivity contribution in [3.63, 3.8) is 0 Å². The number of rotatable bonds is 0. The van der Waals surface area contributed by atoms with Gasteiger partial charge in [0.25, 0.3) is 4.38 Å². The monoisotopic (exact) mass is 210 g/mol. The molecule has 0 aliphatic rings. The predicted octanol–water partition coefficient (Wildman–Crippen LogP) is -1.09. The van der Waals surface area contributed by atoms with Crippen molar-refractivity contribution >= 4 is 24.1 Å². The molecule has 0 aromatic heterocycles. The van der Waals surface area contributed by atoms with E-state index in [2.05, 4.69) is 4.99 Å². The highest BCUT2D eigenvalue weighted by atomic mass is 32.3. The fourth-order valence-electron chi connectivity index (χ4n) is 0.482. The van der Waals surface area contributed by atoms with Gasteiger partial charge in [-0.05, 0) is 0 Å². The molecule has 0 unspecified atom stereocenters. The Morgan fingerprint density at radius 1 is 1.17 bits per heavy atom. The molecule has 0 radical (unpaired) electrons. The third-order valence-electron chi connectivity index (χ3n) is 0.776. The van der Waals surface area contributed by atoms with Crippen molar-refractivity contribution in [2.45, 2.75) is 0 Å². The molecule has 0 rings (SSSR count). The van der Waals surface area contributed by atoms with Crippen LogP contribution >= 0.6 is 0 Å². The summed E-state index contributed by atoms with van der Waals surface area (Å²) in [5, 5.41) is 8.00. The van der Waals surface area contributed by atoms with Crippen LogP contribution in [0.25, 0.3) is 0 Å². The first-order chi connectivity index (χ1) is 5.19. The van der Waals surface area contributed by atoms with Crippen LogP contribution in [0.2, 0.25) is 0 Å². The molecule has 0 saturated heterocycles. The molecular formula is C4H6N2O4S2. The summed E-state index contributed by atoms with van der Waals surface area (Å²) in [4.78, 5) is 2.71. The average molecular weight is 210 g/mol. The summed E-state index contributed by atoms with van der Waals surface area (Å²) >= 11 is 0. The van der Waals surface area contributed by atoms with Gasteiger partial charge in [0.05, 0.1) is 0 Å². The summed E-state index contributed by atoms with van der Waals surface area (Å²) in [7, 11) is -7.89. The average Bonchev–Trinajstić information content (AvgIpc) is 1.77. The quantitative estimate of drug-likeness (QED) is 0.287. The second-order valence-corrected chi connectivity index (χ2v) is 6.14. The smallest absolute Gasteiger partial charge is 0.222 e. The van der Waals surface area contributed by atoms with E-state index in [4.69, 9.17) is 5.26 Å². The van der Waals surface area contributed by atoms with Crippen molar-refractivity contribution in [3.8, 4) is 6.19 Å². The SMILES string of the molecule is CS(=O)(=O)C(=NC#N)S(C)(=O)=O. The lowest BCUT2D eigenvalue weighted by Gasteiger charge is -1.96. The number of sulfone groups is 2. The van der Waals surface area contributed by atoms with Gasteiger partial charge in [-0.15, -0.1) is 4.99 Å². The third-order valence-corrected chi connectivity index (χ3v) is 4.04. The fourth-order valence-corrected chi connectivity index (χ4v) is 3.09. The van der Waals surface area contributed by atoms with Crippen LogP contribution in [0.1, 0.15) is 0 Å². The van der Waals surface area contributed by atoms with E-state index in [-0.39, 0.29) is 0 Å². The number of hydrogen-bond acceptors (Lipinski definition) is 6. The molecule has 68 valence electrons. The second kappa shape index (κ2) is 3.20. The maximum Gasteiger partial charge on any atom is 0.258 e. The standard InChI is InChI=1S/C4H6N2O4S2/c1-11(7,8)4(6-3-5)12(2,9)10/h1-2H3. The molecule has 0 amide bonds. The van der Waals surface area contributed by atoms with Gasteiger partial charge in [0.15, 0.2) is 0 Å². The van der Waals surface area contributed by atoms with Crippen molar-refractivity contribution in [2.24, 2.45) is 4.99 Å². The molecule has 0 spiro atoms. The third kappa shape index (κ3) is 2.98. The summed E-state index contributed by atoms with van der Waals surface area (Å²) in [6.07, 6.45) is 2.45. The molecule has 8 heteroatoms. The maximum atomic E-state index is 10.7. The minimum atomic E-state index is -3.95. The topological polar surface area (TPSA) is 104 Å². The molecule has 0 aliphatic heterocycles. The lowest BCUT2D eigenvalue weighted by molar-refractivity contribution is 0.608. The zero-order valence-corrected chi connectivity index (χ0v) is 7.98. The van der Waals surface area contributed by atoms with Crippen LogP contribution in [0.4, 0.5) is 0 Å². The van der Waals surface area contributed by atoms with E-state index in [0.717, 1.165) is 6.19 Å². The highest BCUT2D eigenvalue weighted by molar-refractivity contribution is 8.30. The highest BCUT2D eigenvalue weighted by Crippen LogP contribution is 1.98. The number of nitriles is 1. The van der Waals surface area contributed by atoms with Crippen molar-refractivity contribution in [3.05, 3.63) is 0 Å². The molecule has 0 N–H and O–H groups in total. The van der Waals surface area contributed by atoms with Gasteiger partial charge < -0.3 is 0 Å². The minimum Gasteiger partial charge on any atom is -0.222 e. The summed E-state index contributed by atoms with van der Waals surface area (Å²) in [6.45, 7) is 0. The summed E-state index contributed by atoms with van der Waals surface area (Å²) in [5.41, 5.74) is 0. The van der Waals surface area contributed by atoms with Gasteiger partial charge in [0, 0.05) is 12.5 Å². The molecule has 0 bridgehead atoms. The second-order valence-electron chi connectivity index (χ2n) is 2.02. The summed E-state index contributed by atoms with van der Waals surface area (Å²) in [5.74, 6) is 0. The van der Waals surface area contributed by atoms with Crippen molar-refractivity contribution in [1.82, 2.24) is 0 Å². The molecule has 0 aliphatic carbocycles. The van der Waals surface area contributed by atoms with Crippen LogP contribution in [0.15, 0.2) is 4.99 Å². The lowest BCUT2D eigenvalue weighted by atomic mass is 11.3. The Kier molecular flexibility index (Phi) is 2.95. The number of nitrogens with zero attached hydrogens (tertiary/aromatic N) is 2. The first-order valence-electron chi connectivity index (χ1n) is 2.56. The van der Waals surface area contributed by atoms with Crippen molar-refractivity contribution in [1.29, 1.82) is 5.26 Å². The maximum absolute atomic E-state index is 10.7. The molecule has 6 nitrogen and oxygen atoms in total. The van der Waals surface area contributed by atoms with E-state index < -0.39 is 24.1 Å². The van der Waals surface area contributed by atoms with E-state index in [1.165, 1.54) is 0 Å². The Balaban J connectivity index is 5.64. The van der Waals surface area contributed by atoms with E-state index in [0.29, 0.717) is 12.5 Å². The molecule has 0 heterocycles. The van der Waals surface area contributed by atoms with Gasteiger partial charge in [-0.2, -0.15) is 5.26 Å². The molecule has 0 fully saturated rings. The van der Waals surface area contributed by atoms with Gasteiger partial charge >= 0.3 is 0 Å². The van der Waals surface area contributed by atoms with E-state index >= 15 is 0 Å². The van der Waals surface area contributed by atoms with Gasteiger partial charge in [-0.25, -0.2) is 16.8 Å². The molecule has 0 aromatic rings. The van der Waals surface area contributed by atoms with Crippen LogP contribution in [-0.4, -0.2) is 33.7 Å². The Labute approximate surface area is 70.4 Å². The Morgan fingerprint density at radius 3 is 1.58 bits per heavy atom. The van der Waals surface area contributed by atoms with E-state index in [9.17, 15) is 16.8 Å². The summed E-state index contributed by atoms with van der Waals surface area (Å²) < 4.78 is 41.7. The predicted molar refractivity (Wildman–Crippen MR) is 42.7 cm³/mol. The van der Waals surface area contributed by atoms with Crippen LogP contribution in [-0.2, 0) is 19.7 Å². The first-order valence-corrected chi connectivity index (χ1v) is 6.35. The van der Waals surface area contributed by atoms with E-state index in [1.54, 1.807) is 0 Å². The molecule has 0 atom stereocenters. The van der Waals surface area contributed by atoms with E-state index in [1.807, 2.05) is 0 Å². The first kappa shape index (κ1) is 11.1. The zero-order valence-electron chi connectivity index (χ0n) is 6.34. The molecule has 0 aromatic carbocycles. The van der Waals surface area contributed by atoms with Crippen LogP contribution in [0, 0.1) is 11.5 Å². The lowest BCUT2D eigenvalue weighted by Crippen LogP contribution is -2.22.